The Hall–Kier alpha value is -2.42. The molecule has 144 valence electrons. The van der Waals surface area contributed by atoms with E-state index < -0.39 is 28.2 Å². The van der Waals surface area contributed by atoms with Gasteiger partial charge in [0, 0.05) is 30.7 Å². The standard InChI is InChI=1S/C17H26N4O5/c1-11-9-19(12-6-7-18-8-13(12)21(25)26)10-14(17(11,5)24)20(15(22)23)16(2,3)4/h6-8,11,14,24H,9-10H2,1-5H3,(H,22,23)/t11-,14+,17?/m0/s1. The zero-order chi connectivity index (χ0) is 19.9. The second-order valence-corrected chi connectivity index (χ2v) is 7.99. The van der Waals surface area contributed by atoms with Crippen molar-refractivity contribution in [3.8, 4) is 0 Å². The SMILES string of the molecule is C[C@H]1CN(c2ccncc2[N+](=O)[O-])C[C@@H](N(C(=O)O)C(C)(C)C)C1(C)O. The highest BCUT2D eigenvalue weighted by Crippen LogP contribution is 2.38. The normalized spacial score (nSPS) is 26.5. The second-order valence-electron chi connectivity index (χ2n) is 7.99. The molecule has 2 N–H and O–H groups in total. The monoisotopic (exact) mass is 366 g/mol. The quantitative estimate of drug-likeness (QED) is 0.622. The van der Waals surface area contributed by atoms with Crippen molar-refractivity contribution in [3.05, 3.63) is 28.6 Å². The Morgan fingerprint density at radius 3 is 2.58 bits per heavy atom. The number of amides is 1. The van der Waals surface area contributed by atoms with Gasteiger partial charge in [0.2, 0.25) is 0 Å². The molecule has 0 saturated carbocycles. The molecule has 1 amide bonds. The van der Waals surface area contributed by atoms with E-state index in [0.29, 0.717) is 12.2 Å². The van der Waals surface area contributed by atoms with Crippen molar-refractivity contribution >= 4 is 17.5 Å². The van der Waals surface area contributed by atoms with Gasteiger partial charge in [-0.1, -0.05) is 6.92 Å². The summed E-state index contributed by atoms with van der Waals surface area (Å²) in [6.45, 7) is 9.23. The van der Waals surface area contributed by atoms with Crippen LogP contribution in [0.2, 0.25) is 0 Å². The minimum atomic E-state index is -1.27. The molecule has 9 heteroatoms. The summed E-state index contributed by atoms with van der Waals surface area (Å²) >= 11 is 0. The molecule has 1 aromatic heterocycles. The van der Waals surface area contributed by atoms with Crippen LogP contribution in [0.15, 0.2) is 18.5 Å². The average Bonchev–Trinajstić information content (AvgIpc) is 2.50. The number of aromatic nitrogens is 1. The predicted molar refractivity (Wildman–Crippen MR) is 96.3 cm³/mol. The molecule has 9 nitrogen and oxygen atoms in total. The molecule has 1 saturated heterocycles. The molecule has 2 heterocycles. The van der Waals surface area contributed by atoms with Gasteiger partial charge in [-0.3, -0.25) is 20.0 Å². The lowest BCUT2D eigenvalue weighted by Crippen LogP contribution is -2.69. The van der Waals surface area contributed by atoms with E-state index >= 15 is 0 Å². The number of hydrogen-bond acceptors (Lipinski definition) is 6. The largest absolute Gasteiger partial charge is 0.465 e. The zero-order valence-electron chi connectivity index (χ0n) is 15.7. The van der Waals surface area contributed by atoms with Gasteiger partial charge in [-0.05, 0) is 33.8 Å². The van der Waals surface area contributed by atoms with Crippen LogP contribution in [-0.2, 0) is 0 Å². The molecule has 1 aliphatic rings. The number of nitrogens with zero attached hydrogens (tertiary/aromatic N) is 4. The van der Waals surface area contributed by atoms with E-state index in [9.17, 15) is 25.1 Å². The van der Waals surface area contributed by atoms with Gasteiger partial charge in [-0.25, -0.2) is 4.79 Å². The van der Waals surface area contributed by atoms with Crippen LogP contribution >= 0.6 is 0 Å². The van der Waals surface area contributed by atoms with Gasteiger partial charge in [0.05, 0.1) is 16.6 Å². The van der Waals surface area contributed by atoms with Crippen LogP contribution in [0.4, 0.5) is 16.2 Å². The van der Waals surface area contributed by atoms with Crippen molar-refractivity contribution in [1.82, 2.24) is 9.88 Å². The number of nitro groups is 1. The first-order valence-electron chi connectivity index (χ1n) is 8.45. The van der Waals surface area contributed by atoms with Crippen molar-refractivity contribution in [2.75, 3.05) is 18.0 Å². The fourth-order valence-corrected chi connectivity index (χ4v) is 3.53. The van der Waals surface area contributed by atoms with Gasteiger partial charge in [0.15, 0.2) is 0 Å². The third kappa shape index (κ3) is 3.57. The lowest BCUT2D eigenvalue weighted by Gasteiger charge is -2.53. The van der Waals surface area contributed by atoms with Crippen LogP contribution in [0.1, 0.15) is 34.6 Å². The molecule has 0 aromatic carbocycles. The van der Waals surface area contributed by atoms with Crippen molar-refractivity contribution in [3.63, 3.8) is 0 Å². The van der Waals surface area contributed by atoms with Crippen LogP contribution in [0.3, 0.4) is 0 Å². The first-order valence-corrected chi connectivity index (χ1v) is 8.45. The molecule has 1 aliphatic heterocycles. The molecular weight excluding hydrogens is 340 g/mol. The van der Waals surface area contributed by atoms with E-state index in [1.165, 1.54) is 17.3 Å². The summed E-state index contributed by atoms with van der Waals surface area (Å²) < 4.78 is 0. The highest BCUT2D eigenvalue weighted by Gasteiger charge is 2.50. The van der Waals surface area contributed by atoms with Gasteiger partial charge < -0.3 is 15.1 Å². The zero-order valence-corrected chi connectivity index (χ0v) is 15.7. The highest BCUT2D eigenvalue weighted by molar-refractivity contribution is 5.68. The number of aliphatic hydroxyl groups is 1. The van der Waals surface area contributed by atoms with Gasteiger partial charge in [0.25, 0.3) is 0 Å². The summed E-state index contributed by atoms with van der Waals surface area (Å²) in [5.41, 5.74) is -1.79. The molecule has 2 rings (SSSR count). The van der Waals surface area contributed by atoms with Gasteiger partial charge >= 0.3 is 11.8 Å². The van der Waals surface area contributed by atoms with Gasteiger partial charge in [0.1, 0.15) is 11.9 Å². The van der Waals surface area contributed by atoms with E-state index in [0.717, 1.165) is 0 Å². The van der Waals surface area contributed by atoms with E-state index in [-0.39, 0.29) is 18.2 Å². The maximum atomic E-state index is 11.9. The number of pyridine rings is 1. The predicted octanol–water partition coefficient (Wildman–Crippen LogP) is 2.34. The van der Waals surface area contributed by atoms with Crippen LogP contribution in [0.5, 0.6) is 0 Å². The van der Waals surface area contributed by atoms with Crippen molar-refractivity contribution in [1.29, 1.82) is 0 Å². The molecule has 0 aliphatic carbocycles. The second kappa shape index (κ2) is 6.71. The molecule has 0 radical (unpaired) electrons. The number of carbonyl (C=O) groups is 1. The summed E-state index contributed by atoms with van der Waals surface area (Å²) in [4.78, 5) is 29.6. The Labute approximate surface area is 152 Å². The molecular formula is C17H26N4O5. The summed E-state index contributed by atoms with van der Waals surface area (Å²) in [6, 6.07) is 0.793. The fraction of sp³-hybridized carbons (Fsp3) is 0.647. The molecule has 0 spiro atoms. The molecule has 1 unspecified atom stereocenters. The van der Waals surface area contributed by atoms with Gasteiger partial charge in [-0.2, -0.15) is 0 Å². The number of anilines is 1. The van der Waals surface area contributed by atoms with Crippen LogP contribution in [-0.4, -0.2) is 61.4 Å². The van der Waals surface area contributed by atoms with Crippen LogP contribution in [0.25, 0.3) is 0 Å². The highest BCUT2D eigenvalue weighted by atomic mass is 16.6. The van der Waals surface area contributed by atoms with Crippen molar-refractivity contribution < 1.29 is 19.9 Å². The Balaban J connectivity index is 2.50. The minimum absolute atomic E-state index is 0.141. The summed E-state index contributed by atoms with van der Waals surface area (Å²) in [7, 11) is 0. The number of carboxylic acid groups (broad SMARTS) is 1. The van der Waals surface area contributed by atoms with Crippen LogP contribution < -0.4 is 4.90 Å². The smallest absolute Gasteiger partial charge is 0.408 e. The van der Waals surface area contributed by atoms with Crippen molar-refractivity contribution in [2.45, 2.75) is 51.8 Å². The number of piperidine rings is 1. The third-order valence-electron chi connectivity index (χ3n) is 5.12. The van der Waals surface area contributed by atoms with Crippen molar-refractivity contribution in [2.24, 2.45) is 5.92 Å². The first-order chi connectivity index (χ1) is 11.9. The molecule has 1 aromatic rings. The number of rotatable bonds is 3. The third-order valence-corrected chi connectivity index (χ3v) is 5.12. The average molecular weight is 366 g/mol. The van der Waals surface area contributed by atoms with E-state index in [1.54, 1.807) is 38.7 Å². The lowest BCUT2D eigenvalue weighted by atomic mass is 9.77. The Morgan fingerprint density at radius 2 is 2.08 bits per heavy atom. The summed E-state index contributed by atoms with van der Waals surface area (Å²) in [6.07, 6.45) is 1.51. The van der Waals surface area contributed by atoms with Crippen LogP contribution in [0, 0.1) is 16.0 Å². The maximum Gasteiger partial charge on any atom is 0.408 e. The number of hydrogen-bond donors (Lipinski definition) is 2. The lowest BCUT2D eigenvalue weighted by molar-refractivity contribution is -0.384. The Bertz CT molecular complexity index is 701. The van der Waals surface area contributed by atoms with Gasteiger partial charge in [-0.15, -0.1) is 0 Å². The maximum absolute atomic E-state index is 11.9. The Morgan fingerprint density at radius 1 is 1.46 bits per heavy atom. The minimum Gasteiger partial charge on any atom is -0.465 e. The molecule has 3 atom stereocenters. The van der Waals surface area contributed by atoms with E-state index in [1.807, 2.05) is 6.92 Å². The Kier molecular flexibility index (Phi) is 5.14. The summed E-state index contributed by atoms with van der Waals surface area (Å²) in [5, 5.41) is 32.1. The first kappa shape index (κ1) is 19.9. The van der Waals surface area contributed by atoms with E-state index in [2.05, 4.69) is 4.98 Å². The molecule has 0 bridgehead atoms. The fourth-order valence-electron chi connectivity index (χ4n) is 3.53. The molecule has 1 fully saturated rings. The topological polar surface area (TPSA) is 120 Å². The summed E-state index contributed by atoms with van der Waals surface area (Å²) in [5.74, 6) is -0.307. The van der Waals surface area contributed by atoms with E-state index in [4.69, 9.17) is 0 Å². The molecule has 26 heavy (non-hydrogen) atoms.